The van der Waals surface area contributed by atoms with Crippen molar-refractivity contribution in [3.05, 3.63) is 29.8 Å². The van der Waals surface area contributed by atoms with Gasteiger partial charge in [0.15, 0.2) is 0 Å². The molecule has 1 aliphatic rings. The van der Waals surface area contributed by atoms with Crippen molar-refractivity contribution in [3.63, 3.8) is 0 Å². The lowest BCUT2D eigenvalue weighted by molar-refractivity contribution is 0.00877. The summed E-state index contributed by atoms with van der Waals surface area (Å²) in [6, 6.07) is 6.25. The Balaban J connectivity index is 2.11. The fraction of sp³-hybridized carbons (Fsp3) is 0.333. The van der Waals surface area contributed by atoms with Crippen LogP contribution >= 0.6 is 12.2 Å². The predicted molar refractivity (Wildman–Crippen MR) is 70.5 cm³/mol. The van der Waals surface area contributed by atoms with Crippen molar-refractivity contribution in [3.8, 4) is 5.75 Å². The van der Waals surface area contributed by atoms with Gasteiger partial charge in [-0.1, -0.05) is 18.3 Å². The average molecular weight is 266 g/mol. The molecule has 1 saturated heterocycles. The Morgan fingerprint density at radius 3 is 3.00 bits per heavy atom. The number of thiocarbonyl (C=S) groups is 1. The van der Waals surface area contributed by atoms with Crippen LogP contribution in [0.25, 0.3) is 0 Å². The summed E-state index contributed by atoms with van der Waals surface area (Å²) in [4.78, 5) is 14.1. The van der Waals surface area contributed by atoms with Gasteiger partial charge in [-0.25, -0.2) is 0 Å². The number of phenols is 1. The normalized spacial score (nSPS) is 19.6. The van der Waals surface area contributed by atoms with Gasteiger partial charge in [0.2, 0.25) is 0 Å². The second-order valence-corrected chi connectivity index (χ2v) is 4.53. The summed E-state index contributed by atoms with van der Waals surface area (Å²) in [6.45, 7) is 1.25. The zero-order valence-corrected chi connectivity index (χ0v) is 10.5. The summed E-state index contributed by atoms with van der Waals surface area (Å²) in [5.41, 5.74) is 5.96. The largest absolute Gasteiger partial charge is 0.508 e. The molecular weight excluding hydrogens is 252 g/mol. The number of carbonyl (C=O) groups is 1. The monoisotopic (exact) mass is 266 g/mol. The lowest BCUT2D eigenvalue weighted by Gasteiger charge is -2.32. The summed E-state index contributed by atoms with van der Waals surface area (Å²) in [6.07, 6.45) is -0.394. The highest BCUT2D eigenvalue weighted by Crippen LogP contribution is 2.15. The lowest BCUT2D eigenvalue weighted by atomic mass is 10.1. The molecule has 1 heterocycles. The molecule has 0 radical (unpaired) electrons. The van der Waals surface area contributed by atoms with E-state index in [4.69, 9.17) is 22.7 Å². The van der Waals surface area contributed by atoms with E-state index >= 15 is 0 Å². The standard InChI is InChI=1S/C12H14N2O3S/c13-11(18)10-7-14(4-5-17-10)12(16)8-2-1-3-9(15)6-8/h1-3,6,10,15H,4-5,7H2,(H2,13,18). The van der Waals surface area contributed by atoms with Gasteiger partial charge in [-0.2, -0.15) is 0 Å². The van der Waals surface area contributed by atoms with E-state index in [1.807, 2.05) is 0 Å². The zero-order chi connectivity index (χ0) is 13.1. The highest BCUT2D eigenvalue weighted by molar-refractivity contribution is 7.80. The van der Waals surface area contributed by atoms with E-state index in [1.165, 1.54) is 12.1 Å². The first kappa shape index (κ1) is 12.8. The van der Waals surface area contributed by atoms with Crippen LogP contribution in [-0.2, 0) is 4.74 Å². The average Bonchev–Trinajstić information content (AvgIpc) is 2.38. The predicted octanol–water partition coefficient (Wildman–Crippen LogP) is 0.519. The molecular formula is C12H14N2O3S. The second kappa shape index (κ2) is 5.32. The van der Waals surface area contributed by atoms with Gasteiger partial charge >= 0.3 is 0 Å². The van der Waals surface area contributed by atoms with Gasteiger partial charge in [0.25, 0.3) is 5.91 Å². The number of rotatable bonds is 2. The minimum absolute atomic E-state index is 0.0694. The van der Waals surface area contributed by atoms with Gasteiger partial charge in [0, 0.05) is 12.1 Å². The van der Waals surface area contributed by atoms with Crippen molar-refractivity contribution in [2.24, 2.45) is 5.73 Å². The summed E-state index contributed by atoms with van der Waals surface area (Å²) in [7, 11) is 0. The van der Waals surface area contributed by atoms with E-state index < -0.39 is 6.10 Å². The smallest absolute Gasteiger partial charge is 0.254 e. The zero-order valence-electron chi connectivity index (χ0n) is 9.70. The van der Waals surface area contributed by atoms with Crippen LogP contribution in [0.4, 0.5) is 0 Å². The Morgan fingerprint density at radius 1 is 1.56 bits per heavy atom. The number of hydrogen-bond donors (Lipinski definition) is 2. The molecule has 0 spiro atoms. The first-order valence-electron chi connectivity index (χ1n) is 5.57. The molecule has 1 aromatic rings. The van der Waals surface area contributed by atoms with E-state index in [0.29, 0.717) is 25.3 Å². The summed E-state index contributed by atoms with van der Waals surface area (Å²) in [5.74, 6) is -0.0875. The molecule has 1 aliphatic heterocycles. The molecule has 1 fully saturated rings. The van der Waals surface area contributed by atoms with Crippen molar-refractivity contribution < 1.29 is 14.6 Å². The third-order valence-corrected chi connectivity index (χ3v) is 3.03. The van der Waals surface area contributed by atoms with Gasteiger partial charge in [0.1, 0.15) is 16.8 Å². The SMILES string of the molecule is NC(=S)C1CN(C(=O)c2cccc(O)c2)CCO1. The van der Waals surface area contributed by atoms with Gasteiger partial charge in [-0.15, -0.1) is 0 Å². The minimum Gasteiger partial charge on any atom is -0.508 e. The first-order chi connectivity index (χ1) is 8.58. The molecule has 1 aromatic carbocycles. The van der Waals surface area contributed by atoms with Crippen LogP contribution in [0.1, 0.15) is 10.4 Å². The Kier molecular flexibility index (Phi) is 3.78. The van der Waals surface area contributed by atoms with Gasteiger partial charge in [0.05, 0.1) is 13.2 Å². The molecule has 96 valence electrons. The van der Waals surface area contributed by atoms with Crippen molar-refractivity contribution >= 4 is 23.1 Å². The molecule has 18 heavy (non-hydrogen) atoms. The van der Waals surface area contributed by atoms with E-state index in [9.17, 15) is 9.90 Å². The topological polar surface area (TPSA) is 75.8 Å². The van der Waals surface area contributed by atoms with E-state index in [2.05, 4.69) is 0 Å². The van der Waals surface area contributed by atoms with Crippen molar-refractivity contribution in [1.29, 1.82) is 0 Å². The fourth-order valence-electron chi connectivity index (χ4n) is 1.83. The van der Waals surface area contributed by atoms with Crippen LogP contribution in [0.3, 0.4) is 0 Å². The molecule has 1 atom stereocenters. The molecule has 1 amide bonds. The molecule has 0 saturated carbocycles. The van der Waals surface area contributed by atoms with Gasteiger partial charge in [-0.3, -0.25) is 4.79 Å². The van der Waals surface area contributed by atoms with E-state index in [0.717, 1.165) is 0 Å². The maximum absolute atomic E-state index is 12.2. The number of benzene rings is 1. The number of morpholine rings is 1. The third-order valence-electron chi connectivity index (χ3n) is 2.76. The van der Waals surface area contributed by atoms with Crippen molar-refractivity contribution in [1.82, 2.24) is 4.90 Å². The van der Waals surface area contributed by atoms with Crippen LogP contribution in [0, 0.1) is 0 Å². The molecule has 0 bridgehead atoms. The molecule has 5 nitrogen and oxygen atoms in total. The van der Waals surface area contributed by atoms with Crippen LogP contribution in [0.5, 0.6) is 5.75 Å². The number of ether oxygens (including phenoxy) is 1. The van der Waals surface area contributed by atoms with Crippen LogP contribution in [0.15, 0.2) is 24.3 Å². The highest BCUT2D eigenvalue weighted by Gasteiger charge is 2.26. The number of amides is 1. The van der Waals surface area contributed by atoms with Crippen LogP contribution < -0.4 is 5.73 Å². The van der Waals surface area contributed by atoms with E-state index in [-0.39, 0.29) is 16.6 Å². The summed E-state index contributed by atoms with van der Waals surface area (Å²) >= 11 is 4.87. The Labute approximate surface area is 110 Å². The van der Waals surface area contributed by atoms with Gasteiger partial charge < -0.3 is 20.5 Å². The first-order valence-corrected chi connectivity index (χ1v) is 5.98. The van der Waals surface area contributed by atoms with E-state index in [1.54, 1.807) is 17.0 Å². The molecule has 0 aromatic heterocycles. The van der Waals surface area contributed by atoms with Crippen molar-refractivity contribution in [2.45, 2.75) is 6.10 Å². The Bertz CT molecular complexity index is 478. The Morgan fingerprint density at radius 2 is 2.33 bits per heavy atom. The van der Waals surface area contributed by atoms with Crippen LogP contribution in [0.2, 0.25) is 0 Å². The van der Waals surface area contributed by atoms with Crippen LogP contribution in [-0.4, -0.2) is 46.7 Å². The number of nitrogens with zero attached hydrogens (tertiary/aromatic N) is 1. The second-order valence-electron chi connectivity index (χ2n) is 4.06. The Hall–Kier alpha value is -1.66. The molecule has 0 aliphatic carbocycles. The maximum Gasteiger partial charge on any atom is 0.254 e. The molecule has 1 unspecified atom stereocenters. The molecule has 3 N–H and O–H groups in total. The lowest BCUT2D eigenvalue weighted by Crippen LogP contribution is -2.49. The third kappa shape index (κ3) is 2.77. The number of phenolic OH excluding ortho intramolecular Hbond substituents is 1. The summed E-state index contributed by atoms with van der Waals surface area (Å²) < 4.78 is 5.37. The molecule has 2 rings (SSSR count). The highest BCUT2D eigenvalue weighted by atomic mass is 32.1. The number of carbonyl (C=O) groups excluding carboxylic acids is 1. The quantitative estimate of drug-likeness (QED) is 0.763. The summed E-state index contributed by atoms with van der Waals surface area (Å²) in [5, 5.41) is 9.36. The van der Waals surface area contributed by atoms with Crippen molar-refractivity contribution in [2.75, 3.05) is 19.7 Å². The van der Waals surface area contributed by atoms with Gasteiger partial charge in [-0.05, 0) is 18.2 Å². The number of hydrogen-bond acceptors (Lipinski definition) is 4. The number of nitrogens with two attached hydrogens (primary N) is 1. The minimum atomic E-state index is -0.394. The molecule has 6 heteroatoms. The fourth-order valence-corrected chi connectivity index (χ4v) is 1.97. The number of aromatic hydroxyl groups is 1. The maximum atomic E-state index is 12.2.